The Hall–Kier alpha value is -4.69. The van der Waals surface area contributed by atoms with Crippen LogP contribution in [0.5, 0.6) is 17.2 Å². The molecule has 0 unspecified atom stereocenters. The predicted octanol–water partition coefficient (Wildman–Crippen LogP) is 2.22. The molecule has 2 atom stereocenters. The highest BCUT2D eigenvalue weighted by Gasteiger charge is 2.32. The van der Waals surface area contributed by atoms with Crippen LogP contribution in [-0.4, -0.2) is 56.5 Å². The van der Waals surface area contributed by atoms with Crippen LogP contribution in [0.3, 0.4) is 0 Å². The van der Waals surface area contributed by atoms with Gasteiger partial charge in [-0.3, -0.25) is 5.43 Å². The fourth-order valence-corrected chi connectivity index (χ4v) is 3.65. The Morgan fingerprint density at radius 2 is 2.00 bits per heavy atom. The van der Waals surface area contributed by atoms with E-state index in [-0.39, 0.29) is 18.8 Å². The summed E-state index contributed by atoms with van der Waals surface area (Å²) < 4.78 is 21.8. The zero-order chi connectivity index (χ0) is 27.5. The minimum atomic E-state index is -1.14. The number of hydrogen-bond acceptors (Lipinski definition) is 9. The van der Waals surface area contributed by atoms with Crippen LogP contribution in [0.4, 0.5) is 4.79 Å². The van der Waals surface area contributed by atoms with Gasteiger partial charge in [-0.1, -0.05) is 24.1 Å². The van der Waals surface area contributed by atoms with Crippen LogP contribution in [0, 0.1) is 12.3 Å². The number of ether oxygens (including phenoxy) is 4. The van der Waals surface area contributed by atoms with Crippen LogP contribution in [0.1, 0.15) is 31.0 Å². The van der Waals surface area contributed by atoms with Gasteiger partial charge in [-0.15, -0.1) is 6.42 Å². The number of benzene rings is 2. The predicted molar refractivity (Wildman–Crippen MR) is 140 cm³/mol. The number of nitrogens with zero attached hydrogens (tertiary/aromatic N) is 1. The molecule has 0 saturated carbocycles. The van der Waals surface area contributed by atoms with E-state index in [1.165, 1.54) is 13.3 Å². The number of urea groups is 1. The van der Waals surface area contributed by atoms with Gasteiger partial charge in [0.2, 0.25) is 0 Å². The van der Waals surface area contributed by atoms with Crippen molar-refractivity contribution in [1.82, 2.24) is 16.1 Å². The first-order valence-corrected chi connectivity index (χ1v) is 11.8. The second-order valence-corrected chi connectivity index (χ2v) is 7.95. The average molecular weight is 523 g/mol. The zero-order valence-corrected chi connectivity index (χ0v) is 21.3. The average Bonchev–Trinajstić information content (AvgIpc) is 2.91. The third-order valence-electron chi connectivity index (χ3n) is 5.33. The highest BCUT2D eigenvalue weighted by Crippen LogP contribution is 2.34. The molecule has 1 aliphatic heterocycles. The molecule has 2 amide bonds. The van der Waals surface area contributed by atoms with E-state index in [0.29, 0.717) is 40.7 Å². The second-order valence-electron chi connectivity index (χ2n) is 7.95. The van der Waals surface area contributed by atoms with Crippen molar-refractivity contribution in [3.63, 3.8) is 0 Å². The number of aliphatic hydroxyl groups is 1. The number of terminal acetylenes is 1. The molecule has 2 aromatic rings. The smallest absolute Gasteiger partial charge is 0.337 e. The SMILES string of the molecule is C#CCOc1ccccc1/C=N/N[C@@H](O)COc1ccc([C@H]2NC(=O)NC(C)=C2C(=O)OC)cc1OCC. The number of carbonyl (C=O) groups is 2. The molecule has 0 fully saturated rings. The topological polar surface area (TPSA) is 140 Å². The van der Waals surface area contributed by atoms with Crippen LogP contribution in [-0.2, 0) is 9.53 Å². The van der Waals surface area contributed by atoms with Gasteiger partial charge in [0.1, 0.15) is 19.0 Å². The van der Waals surface area contributed by atoms with Gasteiger partial charge in [-0.05, 0) is 43.7 Å². The summed E-state index contributed by atoms with van der Waals surface area (Å²) in [5.74, 6) is 3.12. The third kappa shape index (κ3) is 7.18. The van der Waals surface area contributed by atoms with E-state index in [4.69, 9.17) is 25.4 Å². The normalized spacial score (nSPS) is 15.7. The van der Waals surface area contributed by atoms with E-state index in [0.717, 1.165) is 0 Å². The molecular formula is C27H30N4O7. The number of aliphatic hydroxyl groups excluding tert-OH is 1. The maximum absolute atomic E-state index is 12.4. The van der Waals surface area contributed by atoms with E-state index in [2.05, 4.69) is 27.1 Å². The lowest BCUT2D eigenvalue weighted by atomic mass is 9.95. The fourth-order valence-electron chi connectivity index (χ4n) is 3.65. The van der Waals surface area contributed by atoms with Crippen molar-refractivity contribution in [3.05, 3.63) is 64.9 Å². The molecule has 11 heteroatoms. The molecule has 0 radical (unpaired) electrons. The largest absolute Gasteiger partial charge is 0.490 e. The Labute approximate surface area is 220 Å². The van der Waals surface area contributed by atoms with E-state index >= 15 is 0 Å². The number of hydrazone groups is 1. The van der Waals surface area contributed by atoms with Crippen molar-refractivity contribution in [1.29, 1.82) is 0 Å². The van der Waals surface area contributed by atoms with Gasteiger partial charge in [0, 0.05) is 11.3 Å². The van der Waals surface area contributed by atoms with Gasteiger partial charge in [-0.25, -0.2) is 9.59 Å². The second kappa shape index (κ2) is 13.6. The summed E-state index contributed by atoms with van der Waals surface area (Å²) in [6, 6.07) is 11.0. The molecule has 0 bridgehead atoms. The summed E-state index contributed by atoms with van der Waals surface area (Å²) in [5.41, 5.74) is 4.51. The molecule has 0 spiro atoms. The number of methoxy groups -OCH3 is 1. The molecular weight excluding hydrogens is 492 g/mol. The summed E-state index contributed by atoms with van der Waals surface area (Å²) in [5, 5.41) is 19.6. The third-order valence-corrected chi connectivity index (χ3v) is 5.33. The molecule has 1 aliphatic rings. The number of rotatable bonds is 12. The van der Waals surface area contributed by atoms with Gasteiger partial charge in [0.15, 0.2) is 17.7 Å². The minimum absolute atomic E-state index is 0.125. The maximum atomic E-state index is 12.4. The van der Waals surface area contributed by atoms with Gasteiger partial charge < -0.3 is 34.7 Å². The Kier molecular flexibility index (Phi) is 9.96. The van der Waals surface area contributed by atoms with Crippen LogP contribution < -0.4 is 30.3 Å². The van der Waals surface area contributed by atoms with Crippen molar-refractivity contribution >= 4 is 18.2 Å². The first-order chi connectivity index (χ1) is 18.4. The fraction of sp³-hybridized carbons (Fsp3) is 0.296. The van der Waals surface area contributed by atoms with Crippen molar-refractivity contribution in [2.75, 3.05) is 26.9 Å². The Bertz CT molecular complexity index is 1250. The lowest BCUT2D eigenvalue weighted by Gasteiger charge is -2.28. The number of hydrogen-bond donors (Lipinski definition) is 4. The number of para-hydroxylation sites is 1. The van der Waals surface area contributed by atoms with Crippen molar-refractivity contribution in [3.8, 4) is 29.6 Å². The summed E-state index contributed by atoms with van der Waals surface area (Å²) in [6.45, 7) is 3.74. The lowest BCUT2D eigenvalue weighted by Crippen LogP contribution is -2.45. The standard InChI is InChI=1S/C27H30N4O7/c1-5-13-37-20-10-8-7-9-19(20)15-28-31-23(32)16-38-21-12-11-18(14-22(21)36-6-2)25-24(26(33)35-4)17(3)29-27(34)30-25/h1,7-12,14-15,23,25,31-32H,6,13,16H2,2-4H3,(H2,29,30,34)/b28-15+/t23-,25+/m0/s1. The zero-order valence-electron chi connectivity index (χ0n) is 21.3. The molecule has 0 aromatic heterocycles. The molecule has 38 heavy (non-hydrogen) atoms. The van der Waals surface area contributed by atoms with Crippen LogP contribution in [0.15, 0.2) is 58.8 Å². The van der Waals surface area contributed by atoms with Gasteiger partial charge in [0.25, 0.3) is 0 Å². The van der Waals surface area contributed by atoms with E-state index in [1.54, 1.807) is 37.3 Å². The molecule has 2 aromatic carbocycles. The first-order valence-electron chi connectivity index (χ1n) is 11.8. The van der Waals surface area contributed by atoms with Gasteiger partial charge in [0.05, 0.1) is 31.5 Å². The summed E-state index contributed by atoms with van der Waals surface area (Å²) in [7, 11) is 1.27. The molecule has 4 N–H and O–H groups in total. The maximum Gasteiger partial charge on any atom is 0.337 e. The Morgan fingerprint density at radius 3 is 2.74 bits per heavy atom. The van der Waals surface area contributed by atoms with Crippen molar-refractivity contribution in [2.45, 2.75) is 26.1 Å². The minimum Gasteiger partial charge on any atom is -0.490 e. The van der Waals surface area contributed by atoms with Gasteiger partial charge >= 0.3 is 12.0 Å². The highest BCUT2D eigenvalue weighted by atomic mass is 16.5. The molecule has 0 aliphatic carbocycles. The quantitative estimate of drug-likeness (QED) is 0.109. The number of nitrogens with one attached hydrogen (secondary N) is 3. The summed E-state index contributed by atoms with van der Waals surface area (Å²) >= 11 is 0. The van der Waals surface area contributed by atoms with E-state index in [1.807, 2.05) is 19.1 Å². The molecule has 0 saturated heterocycles. The Morgan fingerprint density at radius 1 is 1.21 bits per heavy atom. The van der Waals surface area contributed by atoms with Crippen molar-refractivity contribution < 1.29 is 33.6 Å². The van der Waals surface area contributed by atoms with E-state index < -0.39 is 24.3 Å². The number of amides is 2. The van der Waals surface area contributed by atoms with Crippen LogP contribution >= 0.6 is 0 Å². The number of esters is 1. The number of carbonyl (C=O) groups excluding carboxylic acids is 2. The lowest BCUT2D eigenvalue weighted by molar-refractivity contribution is -0.136. The van der Waals surface area contributed by atoms with Crippen LogP contribution in [0.2, 0.25) is 0 Å². The van der Waals surface area contributed by atoms with Crippen LogP contribution in [0.25, 0.3) is 0 Å². The number of allylic oxidation sites excluding steroid dienone is 1. The highest BCUT2D eigenvalue weighted by molar-refractivity contribution is 5.95. The molecule has 1 heterocycles. The van der Waals surface area contributed by atoms with Crippen molar-refractivity contribution in [2.24, 2.45) is 5.10 Å². The van der Waals surface area contributed by atoms with Gasteiger partial charge in [-0.2, -0.15) is 5.10 Å². The first kappa shape index (κ1) is 27.9. The summed E-state index contributed by atoms with van der Waals surface area (Å²) in [4.78, 5) is 24.5. The van der Waals surface area contributed by atoms with E-state index in [9.17, 15) is 14.7 Å². The molecule has 200 valence electrons. The molecule has 3 rings (SSSR count). The Balaban J connectivity index is 1.69. The summed E-state index contributed by atoms with van der Waals surface area (Å²) in [6.07, 6.45) is 5.60. The monoisotopic (exact) mass is 522 g/mol. The molecule has 11 nitrogen and oxygen atoms in total.